The molecular formula is C30H45NO5Si. The summed E-state index contributed by atoms with van der Waals surface area (Å²) in [6, 6.07) is 19.1. The smallest absolute Gasteiger partial charge is 0.407 e. The van der Waals surface area contributed by atoms with Crippen LogP contribution in [0.3, 0.4) is 0 Å². The molecule has 0 heterocycles. The van der Waals surface area contributed by atoms with Crippen molar-refractivity contribution in [3.05, 3.63) is 71.8 Å². The van der Waals surface area contributed by atoms with Gasteiger partial charge in [-0.1, -0.05) is 95.3 Å². The largest absolute Gasteiger partial charge is 0.479 e. The Morgan fingerprint density at radius 2 is 1.35 bits per heavy atom. The molecule has 2 aromatic carbocycles. The minimum absolute atomic E-state index is 0.219. The third-order valence-corrected chi connectivity index (χ3v) is 7.84. The highest BCUT2D eigenvalue weighted by molar-refractivity contribution is 6.00. The van der Waals surface area contributed by atoms with Crippen molar-refractivity contribution in [3.8, 4) is 0 Å². The molecule has 0 saturated heterocycles. The highest BCUT2D eigenvalue weighted by Crippen LogP contribution is 2.51. The number of carboxylic acid groups (broad SMARTS) is 1. The first kappa shape index (κ1) is 30.6. The number of carboxylic acids is 1. The quantitative estimate of drug-likeness (QED) is 0.416. The number of amides is 1. The monoisotopic (exact) mass is 527 g/mol. The van der Waals surface area contributed by atoms with Crippen LogP contribution in [0.4, 0.5) is 4.79 Å². The van der Waals surface area contributed by atoms with Gasteiger partial charge in [-0.15, -0.1) is 0 Å². The van der Waals surface area contributed by atoms with Crippen molar-refractivity contribution in [1.82, 2.24) is 5.32 Å². The number of rotatable bonds is 10. The Bertz CT molecular complexity index is 1030. The highest BCUT2D eigenvalue weighted by atomic mass is 28.2. The number of nitrogens with one attached hydrogen (secondary N) is 1. The van der Waals surface area contributed by atoms with Crippen LogP contribution in [0.15, 0.2) is 60.7 Å². The van der Waals surface area contributed by atoms with Gasteiger partial charge in [0.2, 0.25) is 0 Å². The van der Waals surface area contributed by atoms with Crippen molar-refractivity contribution < 1.29 is 23.9 Å². The predicted molar refractivity (Wildman–Crippen MR) is 152 cm³/mol. The zero-order valence-electron chi connectivity index (χ0n) is 23.9. The summed E-state index contributed by atoms with van der Waals surface area (Å²) in [6.07, 6.45) is 0.221. The molecule has 2 aromatic rings. The standard InChI is InChI=1S/C30H45NO5Si/c1-27(2,3)24(23(19-21-15-11-9-12-16-21)31-26(34)35-28(4,5)6)29(7,8)30(36-37,25(32)33)20-22-17-13-10-14-18-22/h9-18,23-24H,19-20H2,1-8,37H3,(H,31,34)(H,32,33)/t23-,24+,30+/m0/s1. The molecule has 0 bridgehead atoms. The molecule has 0 radical (unpaired) electrons. The fraction of sp³-hybridized carbons (Fsp3) is 0.533. The zero-order chi connectivity index (χ0) is 28.1. The molecule has 2 rings (SSSR count). The highest BCUT2D eigenvalue weighted by Gasteiger charge is 2.59. The van der Waals surface area contributed by atoms with E-state index in [9.17, 15) is 14.7 Å². The van der Waals surface area contributed by atoms with Gasteiger partial charge in [-0.3, -0.25) is 0 Å². The third-order valence-electron chi connectivity index (χ3n) is 7.14. The average molecular weight is 528 g/mol. The molecule has 204 valence electrons. The van der Waals surface area contributed by atoms with Crippen molar-refractivity contribution in [1.29, 1.82) is 0 Å². The lowest BCUT2D eigenvalue weighted by Gasteiger charge is -2.54. The number of alkyl carbamates (subject to hydrolysis) is 1. The number of carbonyl (C=O) groups excluding carboxylic acids is 1. The Morgan fingerprint density at radius 1 is 0.865 bits per heavy atom. The normalized spacial score (nSPS) is 15.9. The van der Waals surface area contributed by atoms with Crippen LogP contribution in [-0.4, -0.2) is 44.9 Å². The molecule has 0 aromatic heterocycles. The van der Waals surface area contributed by atoms with E-state index >= 15 is 0 Å². The van der Waals surface area contributed by atoms with Gasteiger partial charge in [0.15, 0.2) is 5.60 Å². The topological polar surface area (TPSA) is 84.9 Å². The SMILES string of the molecule is CC(C)(C)OC(=O)N[C@@H](Cc1ccccc1)[C@H](C(C)(C)C)C(C)(C)[C@](Cc1ccccc1)(O[SiH3])C(=O)O. The Kier molecular flexibility index (Phi) is 9.77. The number of hydrogen-bond acceptors (Lipinski definition) is 4. The molecule has 6 nitrogen and oxygen atoms in total. The van der Waals surface area contributed by atoms with E-state index in [1.165, 1.54) is 0 Å². The minimum Gasteiger partial charge on any atom is -0.479 e. The van der Waals surface area contributed by atoms with Gasteiger partial charge in [0.25, 0.3) is 0 Å². The summed E-state index contributed by atoms with van der Waals surface area (Å²) in [7, 11) is 0.241. The van der Waals surface area contributed by atoms with E-state index < -0.39 is 40.1 Å². The first-order valence-corrected chi connectivity index (χ1v) is 13.7. The van der Waals surface area contributed by atoms with Crippen LogP contribution in [0, 0.1) is 16.7 Å². The van der Waals surface area contributed by atoms with Crippen LogP contribution in [0.5, 0.6) is 0 Å². The van der Waals surface area contributed by atoms with Crippen LogP contribution in [0.1, 0.15) is 66.5 Å². The number of carbonyl (C=O) groups is 2. The Hall–Kier alpha value is -2.64. The van der Waals surface area contributed by atoms with Crippen LogP contribution >= 0.6 is 0 Å². The molecule has 0 aliphatic carbocycles. The average Bonchev–Trinajstić information content (AvgIpc) is 2.76. The lowest BCUT2D eigenvalue weighted by Crippen LogP contribution is -2.64. The summed E-state index contributed by atoms with van der Waals surface area (Å²) in [5.41, 5.74) is -1.52. The molecular weight excluding hydrogens is 482 g/mol. The van der Waals surface area contributed by atoms with Gasteiger partial charge in [-0.2, -0.15) is 0 Å². The van der Waals surface area contributed by atoms with E-state index in [-0.39, 0.29) is 22.8 Å². The number of aliphatic carboxylic acids is 1. The van der Waals surface area contributed by atoms with Crippen molar-refractivity contribution in [2.45, 2.75) is 85.5 Å². The van der Waals surface area contributed by atoms with E-state index in [2.05, 4.69) is 26.1 Å². The molecule has 7 heteroatoms. The summed E-state index contributed by atoms with van der Waals surface area (Å²) in [4.78, 5) is 26.2. The van der Waals surface area contributed by atoms with Gasteiger partial charge in [-0.25, -0.2) is 9.59 Å². The molecule has 0 fully saturated rings. The van der Waals surface area contributed by atoms with Gasteiger partial charge < -0.3 is 19.6 Å². The van der Waals surface area contributed by atoms with E-state index in [4.69, 9.17) is 9.16 Å². The van der Waals surface area contributed by atoms with E-state index in [0.29, 0.717) is 6.42 Å². The minimum atomic E-state index is -1.50. The summed E-state index contributed by atoms with van der Waals surface area (Å²) in [6.45, 7) is 15.7. The zero-order valence-corrected chi connectivity index (χ0v) is 25.9. The maximum atomic E-state index is 13.1. The van der Waals surface area contributed by atoms with Crippen molar-refractivity contribution >= 4 is 22.5 Å². The van der Waals surface area contributed by atoms with Gasteiger partial charge in [0.05, 0.1) is 0 Å². The van der Waals surface area contributed by atoms with Crippen molar-refractivity contribution in [2.24, 2.45) is 16.7 Å². The van der Waals surface area contributed by atoms with E-state index in [0.717, 1.165) is 11.1 Å². The van der Waals surface area contributed by atoms with Crippen molar-refractivity contribution in [2.75, 3.05) is 0 Å². The first-order chi connectivity index (χ1) is 17.0. The summed E-state index contributed by atoms with van der Waals surface area (Å²) < 4.78 is 11.8. The maximum Gasteiger partial charge on any atom is 0.407 e. The van der Waals surface area contributed by atoms with Gasteiger partial charge in [-0.05, 0) is 49.7 Å². The summed E-state index contributed by atoms with van der Waals surface area (Å²) in [5, 5.41) is 13.9. The van der Waals surface area contributed by atoms with Gasteiger partial charge in [0, 0.05) is 17.9 Å². The second-order valence-electron chi connectivity index (χ2n) is 12.5. The molecule has 0 aliphatic rings. The Morgan fingerprint density at radius 3 is 1.76 bits per heavy atom. The van der Waals surface area contributed by atoms with Gasteiger partial charge >= 0.3 is 12.1 Å². The molecule has 0 aliphatic heterocycles. The number of ether oxygens (including phenoxy) is 1. The van der Waals surface area contributed by atoms with Crippen LogP contribution < -0.4 is 5.32 Å². The molecule has 2 N–H and O–H groups in total. The molecule has 37 heavy (non-hydrogen) atoms. The van der Waals surface area contributed by atoms with E-state index in [1.807, 2.05) is 95.3 Å². The first-order valence-electron chi connectivity index (χ1n) is 12.9. The molecule has 1 amide bonds. The third kappa shape index (κ3) is 7.68. The fourth-order valence-corrected chi connectivity index (χ4v) is 6.75. The predicted octanol–water partition coefficient (Wildman–Crippen LogP) is 5.17. The van der Waals surface area contributed by atoms with Crippen LogP contribution in [-0.2, 0) is 26.8 Å². The lowest BCUT2D eigenvalue weighted by molar-refractivity contribution is -0.178. The second-order valence-corrected chi connectivity index (χ2v) is 12.9. The van der Waals surface area contributed by atoms with Crippen LogP contribution in [0.25, 0.3) is 0 Å². The molecule has 0 spiro atoms. The molecule has 0 unspecified atom stereocenters. The lowest BCUT2D eigenvalue weighted by atomic mass is 9.54. The van der Waals surface area contributed by atoms with Crippen molar-refractivity contribution in [3.63, 3.8) is 0 Å². The Labute approximate surface area is 225 Å². The second kappa shape index (κ2) is 11.8. The fourth-order valence-electron chi connectivity index (χ4n) is 5.90. The van der Waals surface area contributed by atoms with Gasteiger partial charge in [0.1, 0.15) is 16.1 Å². The molecule has 3 atom stereocenters. The molecule has 0 saturated carbocycles. The van der Waals surface area contributed by atoms with Crippen LogP contribution in [0.2, 0.25) is 0 Å². The summed E-state index contributed by atoms with van der Waals surface area (Å²) in [5.74, 6) is -1.30. The maximum absolute atomic E-state index is 13.1. The summed E-state index contributed by atoms with van der Waals surface area (Å²) >= 11 is 0. The van der Waals surface area contributed by atoms with E-state index in [1.54, 1.807) is 0 Å². The number of hydrogen-bond donors (Lipinski definition) is 2. The Balaban J connectivity index is 2.67. The number of benzene rings is 2.